The van der Waals surface area contributed by atoms with Crippen molar-refractivity contribution in [3.8, 4) is 0 Å². The normalized spacial score (nSPS) is 14.6. The highest BCUT2D eigenvalue weighted by molar-refractivity contribution is 6.31. The standard InChI is InChI=1S/C17H15ClF3N3O/c18-12-10-11(4-5-13(12)19)22-17(25)24-8-6-23(7-9-24)16-14(20)2-1-3-15(16)21/h1-5,10H,6-9H2,(H,22,25). The van der Waals surface area contributed by atoms with Crippen molar-refractivity contribution in [2.24, 2.45) is 0 Å². The maximum Gasteiger partial charge on any atom is 0.321 e. The van der Waals surface area contributed by atoms with E-state index in [1.54, 1.807) is 4.90 Å². The van der Waals surface area contributed by atoms with E-state index in [9.17, 15) is 18.0 Å². The molecule has 2 aromatic carbocycles. The lowest BCUT2D eigenvalue weighted by Gasteiger charge is -2.36. The van der Waals surface area contributed by atoms with Gasteiger partial charge in [-0.1, -0.05) is 17.7 Å². The molecule has 0 aromatic heterocycles. The Morgan fingerprint density at radius 3 is 2.20 bits per heavy atom. The van der Waals surface area contributed by atoms with Crippen LogP contribution in [0.5, 0.6) is 0 Å². The first-order chi connectivity index (χ1) is 12.0. The van der Waals surface area contributed by atoms with E-state index in [1.165, 1.54) is 35.2 Å². The fourth-order valence-corrected chi connectivity index (χ4v) is 2.88. The fourth-order valence-electron chi connectivity index (χ4n) is 2.70. The number of rotatable bonds is 2. The second-order valence-electron chi connectivity index (χ2n) is 5.60. The second-order valence-corrected chi connectivity index (χ2v) is 6.01. The van der Waals surface area contributed by atoms with Crippen molar-refractivity contribution in [3.05, 3.63) is 58.9 Å². The van der Waals surface area contributed by atoms with Gasteiger partial charge in [-0.05, 0) is 30.3 Å². The zero-order valence-electron chi connectivity index (χ0n) is 13.1. The fraction of sp³-hybridized carbons (Fsp3) is 0.235. The Kier molecular flexibility index (Phi) is 5.03. The van der Waals surface area contributed by atoms with E-state index in [0.717, 1.165) is 6.07 Å². The third-order valence-corrected chi connectivity index (χ3v) is 4.28. The topological polar surface area (TPSA) is 35.6 Å². The number of nitrogens with zero attached hydrogens (tertiary/aromatic N) is 2. The molecule has 2 aromatic rings. The SMILES string of the molecule is O=C(Nc1ccc(F)c(Cl)c1)N1CCN(c2c(F)cccc2F)CC1. The number of carbonyl (C=O) groups excluding carboxylic acids is 1. The van der Waals surface area contributed by atoms with E-state index in [1.807, 2.05) is 0 Å². The number of nitrogens with one attached hydrogen (secondary N) is 1. The quantitative estimate of drug-likeness (QED) is 0.864. The highest BCUT2D eigenvalue weighted by atomic mass is 35.5. The summed E-state index contributed by atoms with van der Waals surface area (Å²) in [6, 6.07) is 7.23. The number of hydrogen-bond acceptors (Lipinski definition) is 2. The Balaban J connectivity index is 1.62. The van der Waals surface area contributed by atoms with Gasteiger partial charge in [-0.3, -0.25) is 0 Å². The molecule has 0 saturated carbocycles. The van der Waals surface area contributed by atoms with Crippen molar-refractivity contribution < 1.29 is 18.0 Å². The summed E-state index contributed by atoms with van der Waals surface area (Å²) < 4.78 is 40.8. The number of para-hydroxylation sites is 1. The minimum atomic E-state index is -0.626. The Labute approximate surface area is 147 Å². The molecule has 1 aliphatic heterocycles. The smallest absolute Gasteiger partial charge is 0.321 e. The minimum Gasteiger partial charge on any atom is -0.363 e. The van der Waals surface area contributed by atoms with Crippen molar-refractivity contribution in [2.45, 2.75) is 0 Å². The Morgan fingerprint density at radius 2 is 1.60 bits per heavy atom. The average molecular weight is 370 g/mol. The van der Waals surface area contributed by atoms with Gasteiger partial charge in [-0.25, -0.2) is 18.0 Å². The van der Waals surface area contributed by atoms with Gasteiger partial charge in [-0.15, -0.1) is 0 Å². The second kappa shape index (κ2) is 7.23. The van der Waals surface area contributed by atoms with Gasteiger partial charge in [0, 0.05) is 31.9 Å². The van der Waals surface area contributed by atoms with Crippen LogP contribution in [0, 0.1) is 17.5 Å². The van der Waals surface area contributed by atoms with Crippen LogP contribution in [0.4, 0.5) is 29.3 Å². The maximum atomic E-state index is 13.8. The van der Waals surface area contributed by atoms with Gasteiger partial charge in [0.05, 0.1) is 5.02 Å². The van der Waals surface area contributed by atoms with Crippen LogP contribution in [0.3, 0.4) is 0 Å². The van der Waals surface area contributed by atoms with Crippen LogP contribution in [0.25, 0.3) is 0 Å². The van der Waals surface area contributed by atoms with E-state index in [-0.39, 0.29) is 16.7 Å². The highest BCUT2D eigenvalue weighted by Crippen LogP contribution is 2.25. The van der Waals surface area contributed by atoms with Crippen LogP contribution in [0.1, 0.15) is 0 Å². The van der Waals surface area contributed by atoms with Crippen LogP contribution >= 0.6 is 11.6 Å². The number of carbonyl (C=O) groups is 1. The van der Waals surface area contributed by atoms with Gasteiger partial charge >= 0.3 is 6.03 Å². The molecule has 8 heteroatoms. The van der Waals surface area contributed by atoms with Gasteiger partial charge in [0.25, 0.3) is 0 Å². The lowest BCUT2D eigenvalue weighted by atomic mass is 10.2. The summed E-state index contributed by atoms with van der Waals surface area (Å²) in [4.78, 5) is 15.3. The largest absolute Gasteiger partial charge is 0.363 e. The highest BCUT2D eigenvalue weighted by Gasteiger charge is 2.24. The lowest BCUT2D eigenvalue weighted by Crippen LogP contribution is -2.50. The molecule has 0 radical (unpaired) electrons. The number of urea groups is 1. The van der Waals surface area contributed by atoms with Crippen molar-refractivity contribution >= 4 is 29.0 Å². The summed E-state index contributed by atoms with van der Waals surface area (Å²) in [5.41, 5.74) is 0.298. The number of amides is 2. The first kappa shape index (κ1) is 17.4. The summed E-state index contributed by atoms with van der Waals surface area (Å²) in [7, 11) is 0. The number of hydrogen-bond donors (Lipinski definition) is 1. The summed E-state index contributed by atoms with van der Waals surface area (Å²) in [6.07, 6.45) is 0. The molecule has 25 heavy (non-hydrogen) atoms. The van der Waals surface area contributed by atoms with Gasteiger partial charge in [-0.2, -0.15) is 0 Å². The molecule has 0 aliphatic carbocycles. The third kappa shape index (κ3) is 3.82. The summed E-state index contributed by atoms with van der Waals surface area (Å²) in [5, 5.41) is 2.54. The number of halogens is 4. The van der Waals surface area contributed by atoms with Gasteiger partial charge < -0.3 is 15.1 Å². The summed E-state index contributed by atoms with van der Waals surface area (Å²) in [5.74, 6) is -1.82. The first-order valence-corrected chi connectivity index (χ1v) is 8.03. The molecule has 1 aliphatic rings. The molecule has 1 saturated heterocycles. The van der Waals surface area contributed by atoms with Crippen molar-refractivity contribution in [3.63, 3.8) is 0 Å². The van der Waals surface area contributed by atoms with Crippen LogP contribution in [-0.2, 0) is 0 Å². The van der Waals surface area contributed by atoms with E-state index in [0.29, 0.717) is 31.9 Å². The molecule has 132 valence electrons. The summed E-state index contributed by atoms with van der Waals surface area (Å²) >= 11 is 5.68. The van der Waals surface area contributed by atoms with Gasteiger partial charge in [0.1, 0.15) is 23.1 Å². The molecule has 1 heterocycles. The van der Waals surface area contributed by atoms with Crippen molar-refractivity contribution in [1.82, 2.24) is 4.90 Å². The Morgan fingerprint density at radius 1 is 0.960 bits per heavy atom. The van der Waals surface area contributed by atoms with E-state index < -0.39 is 17.5 Å². The monoisotopic (exact) mass is 369 g/mol. The van der Waals surface area contributed by atoms with E-state index in [2.05, 4.69) is 5.32 Å². The zero-order chi connectivity index (χ0) is 18.0. The number of piperazine rings is 1. The Hall–Kier alpha value is -2.41. The predicted molar refractivity (Wildman–Crippen MR) is 90.6 cm³/mol. The van der Waals surface area contributed by atoms with Crippen molar-refractivity contribution in [2.75, 3.05) is 36.4 Å². The molecule has 1 N–H and O–H groups in total. The Bertz CT molecular complexity index is 774. The molecule has 4 nitrogen and oxygen atoms in total. The lowest BCUT2D eigenvalue weighted by molar-refractivity contribution is 0.208. The zero-order valence-corrected chi connectivity index (χ0v) is 13.9. The van der Waals surface area contributed by atoms with Crippen LogP contribution < -0.4 is 10.2 Å². The maximum absolute atomic E-state index is 13.8. The average Bonchev–Trinajstić information content (AvgIpc) is 2.58. The van der Waals surface area contributed by atoms with Crippen LogP contribution in [-0.4, -0.2) is 37.1 Å². The van der Waals surface area contributed by atoms with Crippen LogP contribution in [0.2, 0.25) is 5.02 Å². The molecule has 0 spiro atoms. The molecule has 3 rings (SSSR count). The van der Waals surface area contributed by atoms with Crippen molar-refractivity contribution in [1.29, 1.82) is 0 Å². The minimum absolute atomic E-state index is 0.0760. The van der Waals surface area contributed by atoms with E-state index >= 15 is 0 Å². The molecule has 0 bridgehead atoms. The van der Waals surface area contributed by atoms with Crippen LogP contribution in [0.15, 0.2) is 36.4 Å². The molecule has 2 amide bonds. The summed E-state index contributed by atoms with van der Waals surface area (Å²) in [6.45, 7) is 1.20. The predicted octanol–water partition coefficient (Wildman–Crippen LogP) is 4.11. The first-order valence-electron chi connectivity index (χ1n) is 7.65. The molecule has 1 fully saturated rings. The van der Waals surface area contributed by atoms with Gasteiger partial charge in [0.15, 0.2) is 0 Å². The molecule has 0 unspecified atom stereocenters. The molecular formula is C17H15ClF3N3O. The number of benzene rings is 2. The molecule has 0 atom stereocenters. The third-order valence-electron chi connectivity index (χ3n) is 3.99. The molecular weight excluding hydrogens is 355 g/mol. The van der Waals surface area contributed by atoms with E-state index in [4.69, 9.17) is 11.6 Å². The van der Waals surface area contributed by atoms with Gasteiger partial charge in [0.2, 0.25) is 0 Å². The number of anilines is 2.